The van der Waals surface area contributed by atoms with Gasteiger partial charge in [0.15, 0.2) is 0 Å². The van der Waals surface area contributed by atoms with Gasteiger partial charge in [-0.05, 0) is 42.7 Å². The van der Waals surface area contributed by atoms with Crippen molar-refractivity contribution in [3.05, 3.63) is 54.7 Å². The van der Waals surface area contributed by atoms with Crippen LogP contribution < -0.4 is 11.1 Å². The minimum Gasteiger partial charge on any atom is -0.397 e. The van der Waals surface area contributed by atoms with Gasteiger partial charge in [0.2, 0.25) is 0 Å². The highest BCUT2D eigenvalue weighted by molar-refractivity contribution is 7.98. The standard InChI is InChI=1S/C16H15N3S/c1-20-15-7-3-2-6-14(15)19-13-9-8-12(17)16-11(13)5-4-10-18-16/h2-10,19H,17H2,1H3. The molecule has 100 valence electrons. The maximum atomic E-state index is 5.98. The van der Waals surface area contributed by atoms with Gasteiger partial charge in [-0.1, -0.05) is 12.1 Å². The van der Waals surface area contributed by atoms with Crippen LogP contribution in [0.25, 0.3) is 10.9 Å². The third kappa shape index (κ3) is 2.30. The Morgan fingerprint density at radius 2 is 1.85 bits per heavy atom. The first kappa shape index (κ1) is 12.8. The van der Waals surface area contributed by atoms with Crippen LogP contribution >= 0.6 is 11.8 Å². The lowest BCUT2D eigenvalue weighted by Gasteiger charge is -2.13. The van der Waals surface area contributed by atoms with Crippen LogP contribution in [0.4, 0.5) is 17.1 Å². The van der Waals surface area contributed by atoms with Crippen molar-refractivity contribution >= 4 is 39.7 Å². The van der Waals surface area contributed by atoms with E-state index in [2.05, 4.69) is 28.7 Å². The molecule has 0 aliphatic carbocycles. The molecule has 0 saturated heterocycles. The fourth-order valence-corrected chi connectivity index (χ4v) is 2.75. The molecule has 4 heteroatoms. The quantitative estimate of drug-likeness (QED) is 0.555. The number of nitrogens with zero attached hydrogens (tertiary/aromatic N) is 1. The highest BCUT2D eigenvalue weighted by Crippen LogP contribution is 2.32. The van der Waals surface area contributed by atoms with Gasteiger partial charge in [-0.25, -0.2) is 0 Å². The Morgan fingerprint density at radius 1 is 1.00 bits per heavy atom. The molecular formula is C16H15N3S. The number of hydrogen-bond acceptors (Lipinski definition) is 4. The van der Waals surface area contributed by atoms with Crippen molar-refractivity contribution in [3.8, 4) is 0 Å². The van der Waals surface area contributed by atoms with Crippen LogP contribution in [0.5, 0.6) is 0 Å². The molecule has 0 spiro atoms. The lowest BCUT2D eigenvalue weighted by atomic mass is 10.1. The molecule has 1 aromatic heterocycles. The van der Waals surface area contributed by atoms with E-state index in [1.54, 1.807) is 18.0 Å². The van der Waals surface area contributed by atoms with E-state index in [0.29, 0.717) is 5.69 Å². The summed E-state index contributed by atoms with van der Waals surface area (Å²) in [4.78, 5) is 5.56. The van der Waals surface area contributed by atoms with E-state index in [9.17, 15) is 0 Å². The Balaban J connectivity index is 2.09. The van der Waals surface area contributed by atoms with E-state index in [1.165, 1.54) is 4.90 Å². The predicted octanol–water partition coefficient (Wildman–Crippen LogP) is 4.28. The van der Waals surface area contributed by atoms with Crippen molar-refractivity contribution in [3.63, 3.8) is 0 Å². The molecule has 3 rings (SSSR count). The number of benzene rings is 2. The van der Waals surface area contributed by atoms with E-state index in [1.807, 2.05) is 36.4 Å². The zero-order valence-electron chi connectivity index (χ0n) is 11.1. The van der Waals surface area contributed by atoms with E-state index in [0.717, 1.165) is 22.3 Å². The molecule has 3 nitrogen and oxygen atoms in total. The fourth-order valence-electron chi connectivity index (χ4n) is 2.20. The van der Waals surface area contributed by atoms with Gasteiger partial charge in [0.05, 0.1) is 16.9 Å². The summed E-state index contributed by atoms with van der Waals surface area (Å²) in [5.41, 5.74) is 9.62. The molecule has 1 heterocycles. The number of para-hydroxylation sites is 1. The third-order valence-corrected chi connectivity index (χ3v) is 3.97. The second-order valence-corrected chi connectivity index (χ2v) is 5.28. The van der Waals surface area contributed by atoms with Gasteiger partial charge in [0.25, 0.3) is 0 Å². The van der Waals surface area contributed by atoms with E-state index >= 15 is 0 Å². The molecule has 0 atom stereocenters. The summed E-state index contributed by atoms with van der Waals surface area (Å²) in [5, 5.41) is 4.51. The van der Waals surface area contributed by atoms with Crippen LogP contribution in [0.2, 0.25) is 0 Å². The molecule has 0 unspecified atom stereocenters. The van der Waals surface area contributed by atoms with E-state index in [4.69, 9.17) is 5.73 Å². The molecule has 3 N–H and O–H groups in total. The Morgan fingerprint density at radius 3 is 2.70 bits per heavy atom. The first-order valence-electron chi connectivity index (χ1n) is 6.33. The van der Waals surface area contributed by atoms with Crippen LogP contribution in [-0.4, -0.2) is 11.2 Å². The molecule has 20 heavy (non-hydrogen) atoms. The Kier molecular flexibility index (Phi) is 3.48. The number of hydrogen-bond donors (Lipinski definition) is 2. The van der Waals surface area contributed by atoms with Crippen molar-refractivity contribution in [2.24, 2.45) is 0 Å². The highest BCUT2D eigenvalue weighted by Gasteiger charge is 2.07. The van der Waals surface area contributed by atoms with Crippen LogP contribution in [-0.2, 0) is 0 Å². The Hall–Kier alpha value is -2.20. The van der Waals surface area contributed by atoms with Crippen LogP contribution in [0.3, 0.4) is 0 Å². The van der Waals surface area contributed by atoms with Crippen LogP contribution in [0.15, 0.2) is 59.6 Å². The van der Waals surface area contributed by atoms with Crippen molar-refractivity contribution < 1.29 is 0 Å². The monoisotopic (exact) mass is 281 g/mol. The first-order valence-corrected chi connectivity index (χ1v) is 7.55. The Labute approximate surface area is 122 Å². The summed E-state index contributed by atoms with van der Waals surface area (Å²) < 4.78 is 0. The molecule has 0 fully saturated rings. The SMILES string of the molecule is CSc1ccccc1Nc1ccc(N)c2ncccc12. The molecule has 2 aromatic carbocycles. The zero-order chi connectivity index (χ0) is 13.9. The number of nitrogens with two attached hydrogens (primary N) is 1. The lowest BCUT2D eigenvalue weighted by molar-refractivity contribution is 1.40. The van der Waals surface area contributed by atoms with Gasteiger partial charge in [0.1, 0.15) is 0 Å². The molecule has 3 aromatic rings. The number of aromatic nitrogens is 1. The maximum Gasteiger partial charge on any atom is 0.0951 e. The third-order valence-electron chi connectivity index (χ3n) is 3.18. The van der Waals surface area contributed by atoms with Gasteiger partial charge >= 0.3 is 0 Å². The van der Waals surface area contributed by atoms with Crippen LogP contribution in [0.1, 0.15) is 0 Å². The minimum atomic E-state index is 0.698. The average Bonchev–Trinajstić information content (AvgIpc) is 2.51. The van der Waals surface area contributed by atoms with Crippen LogP contribution in [0, 0.1) is 0 Å². The largest absolute Gasteiger partial charge is 0.397 e. The molecule has 0 saturated carbocycles. The topological polar surface area (TPSA) is 50.9 Å². The molecule has 0 radical (unpaired) electrons. The van der Waals surface area contributed by atoms with Crippen molar-refractivity contribution in [1.82, 2.24) is 4.98 Å². The van der Waals surface area contributed by atoms with Gasteiger partial charge < -0.3 is 11.1 Å². The van der Waals surface area contributed by atoms with Crippen molar-refractivity contribution in [2.75, 3.05) is 17.3 Å². The fraction of sp³-hybridized carbons (Fsp3) is 0.0625. The summed E-state index contributed by atoms with van der Waals surface area (Å²) >= 11 is 1.72. The summed E-state index contributed by atoms with van der Waals surface area (Å²) in [6.45, 7) is 0. The predicted molar refractivity (Wildman–Crippen MR) is 87.7 cm³/mol. The minimum absolute atomic E-state index is 0.698. The number of anilines is 3. The van der Waals surface area contributed by atoms with E-state index in [-0.39, 0.29) is 0 Å². The number of pyridine rings is 1. The number of fused-ring (bicyclic) bond motifs is 1. The summed E-state index contributed by atoms with van der Waals surface area (Å²) in [6, 6.07) is 16.1. The number of nitrogen functional groups attached to an aromatic ring is 1. The first-order chi connectivity index (χ1) is 9.79. The second-order valence-electron chi connectivity index (χ2n) is 4.43. The number of rotatable bonds is 3. The van der Waals surface area contributed by atoms with Gasteiger partial charge in [-0.2, -0.15) is 0 Å². The smallest absolute Gasteiger partial charge is 0.0951 e. The zero-order valence-corrected chi connectivity index (χ0v) is 11.9. The van der Waals surface area contributed by atoms with Crippen molar-refractivity contribution in [2.45, 2.75) is 4.90 Å². The average molecular weight is 281 g/mol. The summed E-state index contributed by atoms with van der Waals surface area (Å²) in [6.07, 6.45) is 3.83. The number of nitrogens with one attached hydrogen (secondary N) is 1. The summed E-state index contributed by atoms with van der Waals surface area (Å²) in [7, 11) is 0. The van der Waals surface area contributed by atoms with E-state index < -0.39 is 0 Å². The molecule has 0 aliphatic heterocycles. The Bertz CT molecular complexity index is 756. The lowest BCUT2D eigenvalue weighted by Crippen LogP contribution is -1.96. The maximum absolute atomic E-state index is 5.98. The van der Waals surface area contributed by atoms with Gasteiger partial charge in [-0.15, -0.1) is 11.8 Å². The highest BCUT2D eigenvalue weighted by atomic mass is 32.2. The number of thioether (sulfide) groups is 1. The van der Waals surface area contributed by atoms with Gasteiger partial charge in [-0.3, -0.25) is 4.98 Å². The van der Waals surface area contributed by atoms with Gasteiger partial charge in [0, 0.05) is 22.2 Å². The molecule has 0 bridgehead atoms. The summed E-state index contributed by atoms with van der Waals surface area (Å²) in [5.74, 6) is 0. The molecular weight excluding hydrogens is 266 g/mol. The van der Waals surface area contributed by atoms with Crippen molar-refractivity contribution in [1.29, 1.82) is 0 Å². The molecule has 0 aliphatic rings. The normalized spacial score (nSPS) is 10.7. The second kappa shape index (κ2) is 5.43. The molecule has 0 amide bonds.